The second-order valence-electron chi connectivity index (χ2n) is 2.26. The average Bonchev–Trinajstić information content (AvgIpc) is 2.07. The molecule has 0 saturated heterocycles. The van der Waals surface area contributed by atoms with Crippen LogP contribution in [0.1, 0.15) is 5.56 Å². The van der Waals surface area contributed by atoms with Crippen molar-refractivity contribution in [2.45, 2.75) is 11.3 Å². The molecular weight excluding hydrogens is 161 g/mol. The van der Waals surface area contributed by atoms with Gasteiger partial charge < -0.3 is 5.73 Å². The molecule has 11 heavy (non-hydrogen) atoms. The predicted molar refractivity (Wildman–Crippen MR) is 46.2 cm³/mol. The number of hydrogen-bond acceptors (Lipinski definition) is 2. The Labute approximate surface area is 70.1 Å². The lowest BCUT2D eigenvalue weighted by atomic mass is 10.2. The van der Waals surface area contributed by atoms with Crippen LogP contribution in [0.2, 0.25) is 0 Å². The summed E-state index contributed by atoms with van der Waals surface area (Å²) in [6.07, 6.45) is 0.858. The summed E-state index contributed by atoms with van der Waals surface area (Å²) in [5.41, 5.74) is 6.51. The van der Waals surface area contributed by atoms with Crippen LogP contribution < -0.4 is 5.73 Å². The van der Waals surface area contributed by atoms with Crippen LogP contribution in [-0.4, -0.2) is 6.54 Å². The molecule has 0 unspecified atom stereocenters. The quantitative estimate of drug-likeness (QED) is 0.754. The zero-order chi connectivity index (χ0) is 8.10. The van der Waals surface area contributed by atoms with Crippen LogP contribution in [0.5, 0.6) is 0 Å². The van der Waals surface area contributed by atoms with E-state index in [0.29, 0.717) is 11.4 Å². The SMILES string of the molecule is NCCc1ccc(SF)cc1. The highest BCUT2D eigenvalue weighted by Crippen LogP contribution is 2.18. The highest BCUT2D eigenvalue weighted by atomic mass is 32.2. The molecule has 0 aromatic heterocycles. The molecule has 0 aliphatic carbocycles. The van der Waals surface area contributed by atoms with E-state index in [1.807, 2.05) is 12.1 Å². The van der Waals surface area contributed by atoms with E-state index in [0.717, 1.165) is 12.0 Å². The first-order valence-corrected chi connectivity index (χ1v) is 4.16. The standard InChI is InChI=1S/C8H10FNS/c9-11-8-3-1-7(2-4-8)5-6-10/h1-4H,5-6,10H2. The largest absolute Gasteiger partial charge is 0.330 e. The van der Waals surface area contributed by atoms with E-state index in [2.05, 4.69) is 0 Å². The van der Waals surface area contributed by atoms with Gasteiger partial charge >= 0.3 is 0 Å². The molecule has 0 aliphatic heterocycles. The molecule has 0 atom stereocenters. The van der Waals surface area contributed by atoms with E-state index < -0.39 is 0 Å². The summed E-state index contributed by atoms with van der Waals surface area (Å²) in [4.78, 5) is 0.644. The minimum atomic E-state index is 0.264. The van der Waals surface area contributed by atoms with Gasteiger partial charge in [0.15, 0.2) is 0 Å². The molecule has 0 bridgehead atoms. The summed E-state index contributed by atoms with van der Waals surface area (Å²) in [5, 5.41) is 0. The Morgan fingerprint density at radius 3 is 2.36 bits per heavy atom. The van der Waals surface area contributed by atoms with Crippen molar-refractivity contribution in [2.75, 3.05) is 6.54 Å². The van der Waals surface area contributed by atoms with Crippen molar-refractivity contribution in [2.24, 2.45) is 5.73 Å². The van der Waals surface area contributed by atoms with Gasteiger partial charge in [-0.3, -0.25) is 0 Å². The van der Waals surface area contributed by atoms with Crippen molar-refractivity contribution in [3.8, 4) is 0 Å². The maximum atomic E-state index is 11.9. The van der Waals surface area contributed by atoms with E-state index in [4.69, 9.17) is 5.73 Å². The maximum Gasteiger partial charge on any atom is 0.0812 e. The third-order valence-electron chi connectivity index (χ3n) is 1.45. The van der Waals surface area contributed by atoms with Crippen LogP contribution in [0.25, 0.3) is 0 Å². The number of rotatable bonds is 3. The summed E-state index contributed by atoms with van der Waals surface area (Å²) in [7, 11) is 0. The molecule has 2 N–H and O–H groups in total. The third-order valence-corrected chi connectivity index (χ3v) is 1.90. The first-order valence-electron chi connectivity index (χ1n) is 3.44. The fourth-order valence-corrected chi connectivity index (χ4v) is 1.11. The van der Waals surface area contributed by atoms with Gasteiger partial charge in [0.25, 0.3) is 0 Å². The number of benzene rings is 1. The molecule has 0 amide bonds. The Morgan fingerprint density at radius 1 is 1.27 bits per heavy atom. The average molecular weight is 171 g/mol. The fraction of sp³-hybridized carbons (Fsp3) is 0.250. The topological polar surface area (TPSA) is 26.0 Å². The molecular formula is C8H10FNS. The Hall–Kier alpha value is -0.540. The van der Waals surface area contributed by atoms with Gasteiger partial charge in [-0.1, -0.05) is 12.1 Å². The van der Waals surface area contributed by atoms with Gasteiger partial charge in [0.2, 0.25) is 0 Å². The Morgan fingerprint density at radius 2 is 1.91 bits per heavy atom. The number of hydrogen-bond donors (Lipinski definition) is 1. The minimum Gasteiger partial charge on any atom is -0.330 e. The van der Waals surface area contributed by atoms with Gasteiger partial charge in [-0.2, -0.15) is 3.89 Å². The van der Waals surface area contributed by atoms with Gasteiger partial charge in [-0.05, 0) is 30.7 Å². The summed E-state index contributed by atoms with van der Waals surface area (Å²) < 4.78 is 11.9. The van der Waals surface area contributed by atoms with E-state index in [9.17, 15) is 3.89 Å². The minimum absolute atomic E-state index is 0.264. The lowest BCUT2D eigenvalue weighted by molar-refractivity contribution is 0.932. The zero-order valence-corrected chi connectivity index (χ0v) is 6.90. The molecule has 1 rings (SSSR count). The molecule has 0 saturated carbocycles. The van der Waals surface area contributed by atoms with Gasteiger partial charge in [0.1, 0.15) is 0 Å². The normalized spacial score (nSPS) is 10.0. The Kier molecular flexibility index (Phi) is 3.39. The molecule has 0 fully saturated rings. The Balaban J connectivity index is 2.66. The highest BCUT2D eigenvalue weighted by Gasteiger charge is 1.93. The van der Waals surface area contributed by atoms with Gasteiger partial charge in [-0.15, -0.1) is 0 Å². The van der Waals surface area contributed by atoms with Crippen LogP contribution >= 0.6 is 12.1 Å². The van der Waals surface area contributed by atoms with Gasteiger partial charge in [0, 0.05) is 4.90 Å². The molecule has 1 nitrogen and oxygen atoms in total. The van der Waals surface area contributed by atoms with Crippen molar-refractivity contribution >= 4 is 12.1 Å². The molecule has 1 aromatic rings. The van der Waals surface area contributed by atoms with Gasteiger partial charge in [-0.25, -0.2) is 0 Å². The molecule has 0 aliphatic rings. The molecule has 0 spiro atoms. The number of halogens is 1. The van der Waals surface area contributed by atoms with Crippen molar-refractivity contribution in [1.29, 1.82) is 0 Å². The van der Waals surface area contributed by atoms with Crippen LogP contribution in [-0.2, 0) is 6.42 Å². The zero-order valence-electron chi connectivity index (χ0n) is 6.09. The van der Waals surface area contributed by atoms with Crippen molar-refractivity contribution in [3.63, 3.8) is 0 Å². The van der Waals surface area contributed by atoms with E-state index in [1.54, 1.807) is 12.1 Å². The van der Waals surface area contributed by atoms with Crippen LogP contribution in [0, 0.1) is 0 Å². The third kappa shape index (κ3) is 2.52. The molecule has 0 radical (unpaired) electrons. The van der Waals surface area contributed by atoms with Crippen molar-refractivity contribution < 1.29 is 3.89 Å². The summed E-state index contributed by atoms with van der Waals surface area (Å²) in [5.74, 6) is 0. The lowest BCUT2D eigenvalue weighted by Gasteiger charge is -1.97. The molecule has 1 aromatic carbocycles. The monoisotopic (exact) mass is 171 g/mol. The second kappa shape index (κ2) is 4.36. The summed E-state index contributed by atoms with van der Waals surface area (Å²) >= 11 is 0.264. The van der Waals surface area contributed by atoms with Crippen LogP contribution in [0.3, 0.4) is 0 Å². The summed E-state index contributed by atoms with van der Waals surface area (Å²) in [6.45, 7) is 0.641. The van der Waals surface area contributed by atoms with Gasteiger partial charge in [0.05, 0.1) is 12.1 Å². The van der Waals surface area contributed by atoms with Crippen molar-refractivity contribution in [3.05, 3.63) is 29.8 Å². The predicted octanol–water partition coefficient (Wildman–Crippen LogP) is 2.16. The molecule has 3 heteroatoms. The van der Waals surface area contributed by atoms with E-state index in [1.165, 1.54) is 0 Å². The fourth-order valence-electron chi connectivity index (χ4n) is 0.874. The van der Waals surface area contributed by atoms with Crippen LogP contribution in [0.15, 0.2) is 29.2 Å². The van der Waals surface area contributed by atoms with E-state index in [-0.39, 0.29) is 12.1 Å². The first kappa shape index (κ1) is 8.56. The highest BCUT2D eigenvalue weighted by molar-refractivity contribution is 7.94. The molecule has 0 heterocycles. The summed E-state index contributed by atoms with van der Waals surface area (Å²) in [6, 6.07) is 7.31. The lowest BCUT2D eigenvalue weighted by Crippen LogP contribution is -2.02. The Bertz CT molecular complexity index is 210. The number of nitrogens with two attached hydrogens (primary N) is 1. The van der Waals surface area contributed by atoms with E-state index >= 15 is 0 Å². The van der Waals surface area contributed by atoms with Crippen LogP contribution in [0.4, 0.5) is 3.89 Å². The van der Waals surface area contributed by atoms with Crippen molar-refractivity contribution in [1.82, 2.24) is 0 Å². The first-order chi connectivity index (χ1) is 5.36. The second-order valence-corrected chi connectivity index (χ2v) is 2.89. The molecule has 60 valence electrons. The smallest absolute Gasteiger partial charge is 0.0812 e. The maximum absolute atomic E-state index is 11.9.